The Bertz CT molecular complexity index is 475. The summed E-state index contributed by atoms with van der Waals surface area (Å²) >= 11 is 3.44. The number of ether oxygens (including phenoxy) is 1. The standard InChI is InChI=1S/C14H19BrN2O/c1-8-6-9(7-16-13(8)15)17-11-10-4-5-18-12(10)14(11,2)3/h6-7,10-12,17H,4-5H2,1-3H3. The first-order valence-corrected chi connectivity index (χ1v) is 7.30. The SMILES string of the molecule is Cc1cc(NC2C3CCOC3C2(C)C)cnc1Br. The van der Waals surface area contributed by atoms with Crippen LogP contribution in [0.4, 0.5) is 5.69 Å². The highest BCUT2D eigenvalue weighted by molar-refractivity contribution is 9.10. The molecule has 1 saturated carbocycles. The highest BCUT2D eigenvalue weighted by atomic mass is 79.9. The monoisotopic (exact) mass is 310 g/mol. The molecule has 1 aliphatic carbocycles. The molecule has 0 aromatic carbocycles. The quantitative estimate of drug-likeness (QED) is 0.850. The van der Waals surface area contributed by atoms with Gasteiger partial charge in [-0.05, 0) is 40.9 Å². The van der Waals surface area contributed by atoms with Crippen molar-refractivity contribution in [1.29, 1.82) is 0 Å². The van der Waals surface area contributed by atoms with Crippen LogP contribution in [0.1, 0.15) is 25.8 Å². The van der Waals surface area contributed by atoms with Crippen molar-refractivity contribution in [3.63, 3.8) is 0 Å². The van der Waals surface area contributed by atoms with Gasteiger partial charge < -0.3 is 10.1 Å². The number of fused-ring (bicyclic) bond motifs is 1. The van der Waals surface area contributed by atoms with Crippen LogP contribution in [0.25, 0.3) is 0 Å². The molecule has 1 aromatic heterocycles. The summed E-state index contributed by atoms with van der Waals surface area (Å²) in [6.07, 6.45) is 3.50. The van der Waals surface area contributed by atoms with Gasteiger partial charge in [0.15, 0.2) is 0 Å². The molecule has 4 heteroatoms. The molecule has 0 bridgehead atoms. The fraction of sp³-hybridized carbons (Fsp3) is 0.643. The second kappa shape index (κ2) is 4.20. The molecule has 2 fully saturated rings. The number of pyridine rings is 1. The predicted molar refractivity (Wildman–Crippen MR) is 75.7 cm³/mol. The predicted octanol–water partition coefficient (Wildman–Crippen LogP) is 3.38. The van der Waals surface area contributed by atoms with E-state index in [1.165, 1.54) is 6.42 Å². The minimum Gasteiger partial charge on any atom is -0.380 e. The molecule has 18 heavy (non-hydrogen) atoms. The van der Waals surface area contributed by atoms with Crippen molar-refractivity contribution in [2.24, 2.45) is 11.3 Å². The van der Waals surface area contributed by atoms with Crippen molar-refractivity contribution < 1.29 is 4.74 Å². The number of hydrogen-bond acceptors (Lipinski definition) is 3. The Hall–Kier alpha value is -0.610. The van der Waals surface area contributed by atoms with Crippen LogP contribution in [0.3, 0.4) is 0 Å². The topological polar surface area (TPSA) is 34.1 Å². The van der Waals surface area contributed by atoms with Gasteiger partial charge in [0.1, 0.15) is 4.60 Å². The zero-order chi connectivity index (χ0) is 12.9. The first-order valence-electron chi connectivity index (χ1n) is 6.50. The molecule has 0 spiro atoms. The number of nitrogens with one attached hydrogen (secondary N) is 1. The highest BCUT2D eigenvalue weighted by Gasteiger charge is 2.59. The highest BCUT2D eigenvalue weighted by Crippen LogP contribution is 2.53. The van der Waals surface area contributed by atoms with Crippen molar-refractivity contribution >= 4 is 21.6 Å². The van der Waals surface area contributed by atoms with Crippen molar-refractivity contribution in [3.05, 3.63) is 22.4 Å². The third-order valence-corrected chi connectivity index (χ3v) is 5.27. The maximum Gasteiger partial charge on any atom is 0.109 e. The molecular weight excluding hydrogens is 292 g/mol. The average molecular weight is 311 g/mol. The maximum absolute atomic E-state index is 5.81. The van der Waals surface area contributed by atoms with Crippen LogP contribution in [0.15, 0.2) is 16.9 Å². The van der Waals surface area contributed by atoms with Crippen LogP contribution in [-0.2, 0) is 4.74 Å². The lowest BCUT2D eigenvalue weighted by Gasteiger charge is -2.55. The Balaban J connectivity index is 1.78. The van der Waals surface area contributed by atoms with E-state index in [1.54, 1.807) is 0 Å². The van der Waals surface area contributed by atoms with Crippen molar-refractivity contribution in [2.45, 2.75) is 39.3 Å². The molecule has 1 aromatic rings. The number of anilines is 1. The molecule has 3 rings (SSSR count). The summed E-state index contributed by atoms with van der Waals surface area (Å²) in [5, 5.41) is 3.64. The summed E-state index contributed by atoms with van der Waals surface area (Å²) in [4.78, 5) is 4.35. The Morgan fingerprint density at radius 3 is 3.00 bits per heavy atom. The molecule has 3 nitrogen and oxygen atoms in total. The van der Waals surface area contributed by atoms with Gasteiger partial charge in [-0.25, -0.2) is 4.98 Å². The van der Waals surface area contributed by atoms with Crippen molar-refractivity contribution in [3.8, 4) is 0 Å². The molecule has 3 unspecified atom stereocenters. The van der Waals surface area contributed by atoms with Crippen molar-refractivity contribution in [1.82, 2.24) is 4.98 Å². The van der Waals surface area contributed by atoms with E-state index in [1.807, 2.05) is 6.20 Å². The van der Waals surface area contributed by atoms with E-state index in [9.17, 15) is 0 Å². The van der Waals surface area contributed by atoms with Crippen LogP contribution < -0.4 is 5.32 Å². The van der Waals surface area contributed by atoms with Crippen LogP contribution in [0, 0.1) is 18.3 Å². The smallest absolute Gasteiger partial charge is 0.109 e. The van der Waals surface area contributed by atoms with E-state index in [0.29, 0.717) is 18.1 Å². The number of rotatable bonds is 2. The third-order valence-electron chi connectivity index (χ3n) is 4.44. The lowest BCUT2D eigenvalue weighted by atomic mass is 9.57. The van der Waals surface area contributed by atoms with Crippen LogP contribution >= 0.6 is 15.9 Å². The second-order valence-electron chi connectivity index (χ2n) is 6.02. The number of aryl methyl sites for hydroxylation is 1. The Morgan fingerprint density at radius 2 is 2.28 bits per heavy atom. The van der Waals surface area contributed by atoms with Gasteiger partial charge in [0.2, 0.25) is 0 Å². The second-order valence-corrected chi connectivity index (χ2v) is 6.77. The summed E-state index contributed by atoms with van der Waals surface area (Å²) in [5.41, 5.74) is 2.48. The molecule has 1 saturated heterocycles. The lowest BCUT2D eigenvalue weighted by Crippen LogP contribution is -2.63. The van der Waals surface area contributed by atoms with E-state index in [0.717, 1.165) is 22.5 Å². The molecular formula is C14H19BrN2O. The van der Waals surface area contributed by atoms with Crippen LogP contribution in [0.5, 0.6) is 0 Å². The van der Waals surface area contributed by atoms with E-state index < -0.39 is 0 Å². The fourth-order valence-corrected chi connectivity index (χ4v) is 3.65. The zero-order valence-corrected chi connectivity index (χ0v) is 12.6. The number of halogens is 1. The molecule has 0 radical (unpaired) electrons. The van der Waals surface area contributed by atoms with Gasteiger partial charge in [0.25, 0.3) is 0 Å². The Kier molecular flexibility index (Phi) is 2.90. The molecule has 2 aliphatic rings. The van der Waals surface area contributed by atoms with Gasteiger partial charge in [-0.1, -0.05) is 13.8 Å². The first-order chi connectivity index (χ1) is 8.50. The molecule has 1 aliphatic heterocycles. The summed E-state index contributed by atoms with van der Waals surface area (Å²) in [6, 6.07) is 2.64. The molecule has 1 N–H and O–H groups in total. The molecule has 2 heterocycles. The molecule has 0 amide bonds. The average Bonchev–Trinajstić information content (AvgIpc) is 2.77. The molecule has 3 atom stereocenters. The van der Waals surface area contributed by atoms with Gasteiger partial charge in [0.05, 0.1) is 18.0 Å². The van der Waals surface area contributed by atoms with Crippen LogP contribution in [0.2, 0.25) is 0 Å². The summed E-state index contributed by atoms with van der Waals surface area (Å²) in [5.74, 6) is 0.656. The summed E-state index contributed by atoms with van der Waals surface area (Å²) < 4.78 is 6.73. The van der Waals surface area contributed by atoms with E-state index >= 15 is 0 Å². The van der Waals surface area contributed by atoms with E-state index in [-0.39, 0.29) is 5.41 Å². The van der Waals surface area contributed by atoms with Crippen LogP contribution in [-0.4, -0.2) is 23.7 Å². The largest absolute Gasteiger partial charge is 0.380 e. The van der Waals surface area contributed by atoms with E-state index in [2.05, 4.69) is 53.1 Å². The fourth-order valence-electron chi connectivity index (χ4n) is 3.43. The Morgan fingerprint density at radius 1 is 1.50 bits per heavy atom. The zero-order valence-electron chi connectivity index (χ0n) is 11.0. The van der Waals surface area contributed by atoms with Gasteiger partial charge in [-0.2, -0.15) is 0 Å². The third kappa shape index (κ3) is 1.77. The van der Waals surface area contributed by atoms with Gasteiger partial charge in [-0.15, -0.1) is 0 Å². The minimum atomic E-state index is 0.210. The van der Waals surface area contributed by atoms with Crippen molar-refractivity contribution in [2.75, 3.05) is 11.9 Å². The van der Waals surface area contributed by atoms with Gasteiger partial charge in [-0.3, -0.25) is 0 Å². The number of aromatic nitrogens is 1. The first kappa shape index (κ1) is 12.4. The summed E-state index contributed by atoms with van der Waals surface area (Å²) in [6.45, 7) is 7.55. The maximum atomic E-state index is 5.81. The number of nitrogens with zero attached hydrogens (tertiary/aromatic N) is 1. The molecule has 98 valence electrons. The lowest BCUT2D eigenvalue weighted by molar-refractivity contribution is -0.0923. The van der Waals surface area contributed by atoms with E-state index in [4.69, 9.17) is 4.74 Å². The number of hydrogen-bond donors (Lipinski definition) is 1. The Labute approximate surface area is 116 Å². The normalized spacial score (nSPS) is 32.8. The summed E-state index contributed by atoms with van der Waals surface area (Å²) in [7, 11) is 0. The van der Waals surface area contributed by atoms with Gasteiger partial charge in [0, 0.05) is 24.0 Å². The van der Waals surface area contributed by atoms with Gasteiger partial charge >= 0.3 is 0 Å². The minimum absolute atomic E-state index is 0.210.